The zero-order chi connectivity index (χ0) is 9.31. The van der Waals surface area contributed by atoms with Crippen LogP contribution in [0.4, 0.5) is 0 Å². The van der Waals surface area contributed by atoms with Crippen molar-refractivity contribution in [3.63, 3.8) is 0 Å². The highest BCUT2D eigenvalue weighted by Crippen LogP contribution is 2.27. The highest BCUT2D eigenvalue weighted by atomic mass is 32.1. The van der Waals surface area contributed by atoms with E-state index in [4.69, 9.17) is 5.73 Å². The molecule has 0 fully saturated rings. The Morgan fingerprint density at radius 2 is 2.46 bits per heavy atom. The molecule has 0 aromatic carbocycles. The molecule has 0 aliphatic carbocycles. The second-order valence-electron chi connectivity index (χ2n) is 3.06. The third-order valence-electron chi connectivity index (χ3n) is 1.97. The number of amidine groups is 1. The van der Waals surface area contributed by atoms with Crippen molar-refractivity contribution in [2.75, 3.05) is 0 Å². The van der Waals surface area contributed by atoms with E-state index in [2.05, 4.69) is 10.3 Å². The van der Waals surface area contributed by atoms with Crippen LogP contribution in [-0.2, 0) is 5.66 Å². The molecule has 0 radical (unpaired) electrons. The summed E-state index contributed by atoms with van der Waals surface area (Å²) in [6, 6.07) is 4.06. The number of rotatable bonds is 1. The SMILES string of the molecule is CC1(c2cccs2)N=C(N)C=CN1. The van der Waals surface area contributed by atoms with Crippen LogP contribution < -0.4 is 11.1 Å². The standard InChI is InChI=1S/C9H11N3S/c1-9(7-3-2-6-13-7)11-5-4-8(10)12-9/h2-6,11H,1H3,(H2,10,12). The van der Waals surface area contributed by atoms with Gasteiger partial charge in [0.2, 0.25) is 0 Å². The van der Waals surface area contributed by atoms with E-state index in [0.29, 0.717) is 5.84 Å². The van der Waals surface area contributed by atoms with Crippen LogP contribution in [0.25, 0.3) is 0 Å². The van der Waals surface area contributed by atoms with Crippen molar-refractivity contribution in [1.82, 2.24) is 5.32 Å². The molecule has 68 valence electrons. The lowest BCUT2D eigenvalue weighted by Crippen LogP contribution is -2.38. The molecule has 2 rings (SSSR count). The van der Waals surface area contributed by atoms with E-state index in [1.807, 2.05) is 30.6 Å². The largest absolute Gasteiger partial charge is 0.384 e. The number of nitrogens with zero attached hydrogens (tertiary/aromatic N) is 1. The monoisotopic (exact) mass is 193 g/mol. The molecule has 1 atom stereocenters. The summed E-state index contributed by atoms with van der Waals surface area (Å²) < 4.78 is 0. The molecule has 1 aromatic heterocycles. The zero-order valence-electron chi connectivity index (χ0n) is 7.32. The summed E-state index contributed by atoms with van der Waals surface area (Å²) in [4.78, 5) is 5.53. The van der Waals surface area contributed by atoms with Gasteiger partial charge in [-0.05, 0) is 24.4 Å². The maximum absolute atomic E-state index is 5.64. The molecule has 1 aliphatic rings. The number of nitrogens with two attached hydrogens (primary N) is 1. The minimum atomic E-state index is -0.382. The molecule has 3 nitrogen and oxygen atoms in total. The van der Waals surface area contributed by atoms with Gasteiger partial charge in [0.05, 0.1) is 4.88 Å². The summed E-state index contributed by atoms with van der Waals surface area (Å²) in [6.07, 6.45) is 3.59. The Kier molecular flexibility index (Phi) is 1.84. The second-order valence-corrected chi connectivity index (χ2v) is 4.01. The first kappa shape index (κ1) is 8.31. The van der Waals surface area contributed by atoms with Gasteiger partial charge in [-0.3, -0.25) is 0 Å². The molecular weight excluding hydrogens is 182 g/mol. The summed E-state index contributed by atoms with van der Waals surface area (Å²) in [6.45, 7) is 2.01. The Bertz CT molecular complexity index is 353. The molecule has 0 spiro atoms. The van der Waals surface area contributed by atoms with Crippen LogP contribution in [0.2, 0.25) is 0 Å². The molecule has 0 saturated carbocycles. The minimum absolute atomic E-state index is 0.382. The first-order valence-electron chi connectivity index (χ1n) is 4.04. The Morgan fingerprint density at radius 3 is 3.08 bits per heavy atom. The second kappa shape index (κ2) is 2.88. The molecular formula is C9H11N3S. The van der Waals surface area contributed by atoms with Crippen LogP contribution in [0.3, 0.4) is 0 Å². The van der Waals surface area contributed by atoms with Crippen LogP contribution in [-0.4, -0.2) is 5.84 Å². The average Bonchev–Trinajstić information content (AvgIpc) is 2.55. The number of aliphatic imine (C=N–C) groups is 1. The van der Waals surface area contributed by atoms with Gasteiger partial charge in [0.1, 0.15) is 5.84 Å². The van der Waals surface area contributed by atoms with Gasteiger partial charge in [-0.15, -0.1) is 11.3 Å². The topological polar surface area (TPSA) is 50.4 Å². The Labute approximate surface area is 81.0 Å². The van der Waals surface area contributed by atoms with Gasteiger partial charge >= 0.3 is 0 Å². The molecule has 0 amide bonds. The van der Waals surface area contributed by atoms with E-state index in [-0.39, 0.29) is 5.66 Å². The first-order chi connectivity index (χ1) is 6.21. The normalized spacial score (nSPS) is 26.7. The van der Waals surface area contributed by atoms with Crippen LogP contribution in [0.1, 0.15) is 11.8 Å². The van der Waals surface area contributed by atoms with Gasteiger partial charge in [-0.25, -0.2) is 4.99 Å². The van der Waals surface area contributed by atoms with Crippen molar-refractivity contribution in [1.29, 1.82) is 0 Å². The van der Waals surface area contributed by atoms with Crippen molar-refractivity contribution in [2.24, 2.45) is 10.7 Å². The van der Waals surface area contributed by atoms with E-state index < -0.39 is 0 Å². The van der Waals surface area contributed by atoms with E-state index in [9.17, 15) is 0 Å². The lowest BCUT2D eigenvalue weighted by Gasteiger charge is -2.27. The van der Waals surface area contributed by atoms with Gasteiger partial charge in [0.15, 0.2) is 5.66 Å². The predicted molar refractivity (Wildman–Crippen MR) is 55.6 cm³/mol. The van der Waals surface area contributed by atoms with Gasteiger partial charge in [-0.2, -0.15) is 0 Å². The summed E-state index contributed by atoms with van der Waals surface area (Å²) in [7, 11) is 0. The summed E-state index contributed by atoms with van der Waals surface area (Å²) in [5.41, 5.74) is 5.26. The quantitative estimate of drug-likeness (QED) is 0.708. The molecule has 0 bridgehead atoms. The Balaban J connectivity index is 2.38. The lowest BCUT2D eigenvalue weighted by atomic mass is 10.1. The fourth-order valence-electron chi connectivity index (χ4n) is 1.30. The van der Waals surface area contributed by atoms with Gasteiger partial charge in [0, 0.05) is 6.20 Å². The molecule has 2 heterocycles. The first-order valence-corrected chi connectivity index (χ1v) is 4.92. The van der Waals surface area contributed by atoms with E-state index in [0.717, 1.165) is 0 Å². The van der Waals surface area contributed by atoms with Gasteiger partial charge < -0.3 is 11.1 Å². The fraction of sp³-hybridized carbons (Fsp3) is 0.222. The zero-order valence-corrected chi connectivity index (χ0v) is 8.14. The van der Waals surface area contributed by atoms with E-state index >= 15 is 0 Å². The van der Waals surface area contributed by atoms with Crippen molar-refractivity contribution in [2.45, 2.75) is 12.6 Å². The van der Waals surface area contributed by atoms with Crippen LogP contribution in [0.15, 0.2) is 34.8 Å². The van der Waals surface area contributed by atoms with Crippen molar-refractivity contribution >= 4 is 17.2 Å². The maximum Gasteiger partial charge on any atom is 0.163 e. The number of hydrogen-bond donors (Lipinski definition) is 2. The lowest BCUT2D eigenvalue weighted by molar-refractivity contribution is 0.446. The summed E-state index contributed by atoms with van der Waals surface area (Å²) in [5.74, 6) is 0.564. The highest BCUT2D eigenvalue weighted by molar-refractivity contribution is 7.10. The van der Waals surface area contributed by atoms with Crippen molar-refractivity contribution in [3.05, 3.63) is 34.7 Å². The average molecular weight is 193 g/mol. The van der Waals surface area contributed by atoms with Crippen LogP contribution in [0.5, 0.6) is 0 Å². The molecule has 13 heavy (non-hydrogen) atoms. The fourth-order valence-corrected chi connectivity index (χ4v) is 2.09. The number of nitrogens with one attached hydrogen (secondary N) is 1. The van der Waals surface area contributed by atoms with Gasteiger partial charge in [0.25, 0.3) is 0 Å². The third-order valence-corrected chi connectivity index (χ3v) is 3.05. The summed E-state index contributed by atoms with van der Waals surface area (Å²) >= 11 is 1.67. The Hall–Kier alpha value is -1.29. The maximum atomic E-state index is 5.64. The minimum Gasteiger partial charge on any atom is -0.384 e. The highest BCUT2D eigenvalue weighted by Gasteiger charge is 2.26. The van der Waals surface area contributed by atoms with Crippen molar-refractivity contribution in [3.8, 4) is 0 Å². The molecule has 1 aromatic rings. The van der Waals surface area contributed by atoms with Crippen molar-refractivity contribution < 1.29 is 0 Å². The van der Waals surface area contributed by atoms with E-state index in [1.54, 1.807) is 17.4 Å². The predicted octanol–water partition coefficient (Wildman–Crippen LogP) is 1.39. The molecule has 1 aliphatic heterocycles. The van der Waals surface area contributed by atoms with E-state index in [1.165, 1.54) is 4.88 Å². The third kappa shape index (κ3) is 1.45. The molecule has 4 heteroatoms. The van der Waals surface area contributed by atoms with Crippen LogP contribution in [0, 0.1) is 0 Å². The smallest absolute Gasteiger partial charge is 0.163 e. The molecule has 0 saturated heterocycles. The van der Waals surface area contributed by atoms with Gasteiger partial charge in [-0.1, -0.05) is 6.07 Å². The molecule has 3 N–H and O–H groups in total. The Morgan fingerprint density at radius 1 is 1.62 bits per heavy atom. The summed E-state index contributed by atoms with van der Waals surface area (Å²) in [5, 5.41) is 5.22. The number of thiophene rings is 1. The molecule has 1 unspecified atom stereocenters. The van der Waals surface area contributed by atoms with Crippen LogP contribution >= 0.6 is 11.3 Å². The number of hydrogen-bond acceptors (Lipinski definition) is 4.